The molecule has 0 atom stereocenters. The maximum absolute atomic E-state index is 6.07. The SMILES string of the molecule is C=CCN(C)Cc1oc2ccccc2c1CNC(C)(C)C. The van der Waals surface area contributed by atoms with E-state index in [4.69, 9.17) is 4.42 Å². The molecule has 0 saturated heterocycles. The summed E-state index contributed by atoms with van der Waals surface area (Å²) >= 11 is 0. The van der Waals surface area contributed by atoms with E-state index in [1.165, 1.54) is 10.9 Å². The van der Waals surface area contributed by atoms with Gasteiger partial charge in [-0.3, -0.25) is 4.90 Å². The zero-order chi connectivity index (χ0) is 15.5. The average Bonchev–Trinajstić information content (AvgIpc) is 2.73. The molecule has 0 fully saturated rings. The predicted octanol–water partition coefficient (Wildman–Crippen LogP) is 3.94. The predicted molar refractivity (Wildman–Crippen MR) is 89.3 cm³/mol. The summed E-state index contributed by atoms with van der Waals surface area (Å²) in [6.45, 7) is 12.8. The zero-order valence-electron chi connectivity index (χ0n) is 13.6. The highest BCUT2D eigenvalue weighted by Crippen LogP contribution is 2.27. The van der Waals surface area contributed by atoms with E-state index in [1.54, 1.807) is 0 Å². The van der Waals surface area contributed by atoms with Crippen molar-refractivity contribution in [1.82, 2.24) is 10.2 Å². The van der Waals surface area contributed by atoms with Crippen LogP contribution in [0.3, 0.4) is 0 Å². The smallest absolute Gasteiger partial charge is 0.134 e. The number of rotatable bonds is 6. The normalized spacial score (nSPS) is 12.2. The lowest BCUT2D eigenvalue weighted by atomic mass is 10.1. The number of hydrogen-bond donors (Lipinski definition) is 1. The second kappa shape index (κ2) is 6.46. The topological polar surface area (TPSA) is 28.4 Å². The van der Waals surface area contributed by atoms with Crippen LogP contribution in [0.4, 0.5) is 0 Å². The van der Waals surface area contributed by atoms with Gasteiger partial charge in [0.2, 0.25) is 0 Å². The molecule has 1 N–H and O–H groups in total. The van der Waals surface area contributed by atoms with Gasteiger partial charge in [-0.2, -0.15) is 0 Å². The maximum atomic E-state index is 6.07. The molecule has 0 unspecified atom stereocenters. The van der Waals surface area contributed by atoms with Crippen LogP contribution in [-0.2, 0) is 13.1 Å². The standard InChI is InChI=1S/C18H26N2O/c1-6-11-20(5)13-17-15(12-19-18(2,3)4)14-9-7-8-10-16(14)21-17/h6-10,19H,1,11-13H2,2-5H3. The Bertz CT molecular complexity index is 607. The summed E-state index contributed by atoms with van der Waals surface area (Å²) < 4.78 is 6.07. The second-order valence-corrected chi connectivity index (χ2v) is 6.59. The van der Waals surface area contributed by atoms with Crippen molar-refractivity contribution in [3.63, 3.8) is 0 Å². The fourth-order valence-electron chi connectivity index (χ4n) is 2.35. The van der Waals surface area contributed by atoms with Crippen LogP contribution in [0, 0.1) is 0 Å². The Hall–Kier alpha value is -1.58. The number of likely N-dealkylation sites (N-methyl/N-ethyl adjacent to an activating group) is 1. The molecule has 21 heavy (non-hydrogen) atoms. The molecule has 1 heterocycles. The molecule has 0 saturated carbocycles. The Morgan fingerprint density at radius 3 is 2.67 bits per heavy atom. The minimum absolute atomic E-state index is 0.0860. The molecular formula is C18H26N2O. The highest BCUT2D eigenvalue weighted by molar-refractivity contribution is 5.82. The van der Waals surface area contributed by atoms with Crippen LogP contribution >= 0.6 is 0 Å². The van der Waals surface area contributed by atoms with Crippen LogP contribution in [0.5, 0.6) is 0 Å². The first-order chi connectivity index (χ1) is 9.90. The summed E-state index contributed by atoms with van der Waals surface area (Å²) in [5, 5.41) is 4.77. The van der Waals surface area contributed by atoms with Gasteiger partial charge in [0.15, 0.2) is 0 Å². The van der Waals surface area contributed by atoms with Crippen LogP contribution < -0.4 is 5.32 Å². The quantitative estimate of drug-likeness (QED) is 0.815. The number of hydrogen-bond acceptors (Lipinski definition) is 3. The van der Waals surface area contributed by atoms with Gasteiger partial charge in [0, 0.05) is 29.6 Å². The highest BCUT2D eigenvalue weighted by atomic mass is 16.3. The molecule has 0 amide bonds. The Balaban J connectivity index is 2.31. The van der Waals surface area contributed by atoms with E-state index in [2.05, 4.69) is 56.7 Å². The monoisotopic (exact) mass is 286 g/mol. The molecular weight excluding hydrogens is 260 g/mol. The van der Waals surface area contributed by atoms with E-state index in [-0.39, 0.29) is 5.54 Å². The molecule has 2 rings (SSSR count). The maximum Gasteiger partial charge on any atom is 0.134 e. The molecule has 0 bridgehead atoms. The minimum Gasteiger partial charge on any atom is -0.459 e. The van der Waals surface area contributed by atoms with Crippen LogP contribution in [0.15, 0.2) is 41.3 Å². The van der Waals surface area contributed by atoms with Gasteiger partial charge in [-0.1, -0.05) is 24.3 Å². The largest absolute Gasteiger partial charge is 0.459 e. The number of furan rings is 1. The average molecular weight is 286 g/mol. The van der Waals surface area contributed by atoms with Crippen molar-refractivity contribution in [1.29, 1.82) is 0 Å². The fraction of sp³-hybridized carbons (Fsp3) is 0.444. The fourth-order valence-corrected chi connectivity index (χ4v) is 2.35. The molecule has 3 heteroatoms. The van der Waals surface area contributed by atoms with E-state index in [0.717, 1.165) is 31.0 Å². The third kappa shape index (κ3) is 4.19. The van der Waals surface area contributed by atoms with Gasteiger partial charge in [-0.15, -0.1) is 6.58 Å². The molecule has 0 aliphatic carbocycles. The number of nitrogens with zero attached hydrogens (tertiary/aromatic N) is 1. The van der Waals surface area contributed by atoms with Crippen LogP contribution in [0.1, 0.15) is 32.1 Å². The molecule has 1 aromatic carbocycles. The molecule has 0 radical (unpaired) electrons. The van der Waals surface area contributed by atoms with Crippen molar-refractivity contribution in [2.24, 2.45) is 0 Å². The van der Waals surface area contributed by atoms with Crippen molar-refractivity contribution >= 4 is 11.0 Å². The van der Waals surface area contributed by atoms with E-state index in [0.29, 0.717) is 0 Å². The molecule has 0 aliphatic heterocycles. The number of para-hydroxylation sites is 1. The third-order valence-electron chi connectivity index (χ3n) is 3.43. The van der Waals surface area contributed by atoms with Crippen molar-refractivity contribution in [3.8, 4) is 0 Å². The van der Waals surface area contributed by atoms with Crippen molar-refractivity contribution in [3.05, 3.63) is 48.2 Å². The van der Waals surface area contributed by atoms with Gasteiger partial charge < -0.3 is 9.73 Å². The van der Waals surface area contributed by atoms with E-state index >= 15 is 0 Å². The van der Waals surface area contributed by atoms with Crippen LogP contribution in [-0.4, -0.2) is 24.0 Å². The van der Waals surface area contributed by atoms with Gasteiger partial charge in [-0.05, 0) is 33.9 Å². The summed E-state index contributed by atoms with van der Waals surface area (Å²) in [7, 11) is 2.08. The summed E-state index contributed by atoms with van der Waals surface area (Å²) in [6.07, 6.45) is 1.91. The molecule has 2 aromatic rings. The van der Waals surface area contributed by atoms with Crippen molar-refractivity contribution < 1.29 is 4.42 Å². The summed E-state index contributed by atoms with van der Waals surface area (Å²) in [4.78, 5) is 2.20. The molecule has 114 valence electrons. The van der Waals surface area contributed by atoms with Gasteiger partial charge in [0.05, 0.1) is 6.54 Å². The summed E-state index contributed by atoms with van der Waals surface area (Å²) in [6, 6.07) is 8.25. The number of fused-ring (bicyclic) bond motifs is 1. The molecule has 1 aromatic heterocycles. The highest BCUT2D eigenvalue weighted by Gasteiger charge is 2.17. The Kier molecular flexibility index (Phi) is 4.86. The number of nitrogens with one attached hydrogen (secondary N) is 1. The first kappa shape index (κ1) is 15.8. The minimum atomic E-state index is 0.0860. The Morgan fingerprint density at radius 1 is 1.29 bits per heavy atom. The van der Waals surface area contributed by atoms with Gasteiger partial charge in [0.1, 0.15) is 11.3 Å². The van der Waals surface area contributed by atoms with Crippen LogP contribution in [0.25, 0.3) is 11.0 Å². The summed E-state index contributed by atoms with van der Waals surface area (Å²) in [5.41, 5.74) is 2.31. The lowest BCUT2D eigenvalue weighted by Gasteiger charge is -2.21. The Morgan fingerprint density at radius 2 is 2.00 bits per heavy atom. The number of benzene rings is 1. The Labute approximate surface area is 127 Å². The first-order valence-corrected chi connectivity index (χ1v) is 7.44. The zero-order valence-corrected chi connectivity index (χ0v) is 13.6. The molecule has 3 nitrogen and oxygen atoms in total. The van der Waals surface area contributed by atoms with Gasteiger partial charge >= 0.3 is 0 Å². The molecule has 0 spiro atoms. The van der Waals surface area contributed by atoms with Gasteiger partial charge in [0.25, 0.3) is 0 Å². The lowest BCUT2D eigenvalue weighted by Crippen LogP contribution is -2.35. The van der Waals surface area contributed by atoms with Crippen molar-refractivity contribution in [2.45, 2.75) is 39.4 Å². The second-order valence-electron chi connectivity index (χ2n) is 6.59. The van der Waals surface area contributed by atoms with E-state index in [1.807, 2.05) is 18.2 Å². The van der Waals surface area contributed by atoms with Crippen LogP contribution in [0.2, 0.25) is 0 Å². The van der Waals surface area contributed by atoms with E-state index < -0.39 is 0 Å². The van der Waals surface area contributed by atoms with Crippen molar-refractivity contribution in [2.75, 3.05) is 13.6 Å². The first-order valence-electron chi connectivity index (χ1n) is 7.44. The van der Waals surface area contributed by atoms with Gasteiger partial charge in [-0.25, -0.2) is 0 Å². The third-order valence-corrected chi connectivity index (χ3v) is 3.43. The van der Waals surface area contributed by atoms with E-state index in [9.17, 15) is 0 Å². The summed E-state index contributed by atoms with van der Waals surface area (Å²) in [5.74, 6) is 1.04. The lowest BCUT2D eigenvalue weighted by molar-refractivity contribution is 0.324. The molecule has 0 aliphatic rings.